The van der Waals surface area contributed by atoms with E-state index in [1.807, 2.05) is 30.3 Å². The zero-order valence-electron chi connectivity index (χ0n) is 6.00. The Labute approximate surface area is 74.8 Å². The molecule has 0 saturated carbocycles. The second-order valence-corrected chi connectivity index (χ2v) is 3.39. The van der Waals surface area contributed by atoms with E-state index in [-0.39, 0.29) is 4.83 Å². The molecule has 0 spiro atoms. The van der Waals surface area contributed by atoms with E-state index in [4.69, 9.17) is 5.26 Å². The summed E-state index contributed by atoms with van der Waals surface area (Å²) < 4.78 is 0. The maximum Gasteiger partial charge on any atom is 0.105 e. The molecule has 11 heavy (non-hydrogen) atoms. The van der Waals surface area contributed by atoms with Gasteiger partial charge in [0.1, 0.15) is 4.83 Å². The van der Waals surface area contributed by atoms with Crippen LogP contribution >= 0.6 is 15.9 Å². The standard InChI is InChI=1S/C9H8BrN/c10-9(7-11)6-8-4-2-1-3-5-8/h1-5,9H,6H2. The lowest BCUT2D eigenvalue weighted by Crippen LogP contribution is -1.97. The fraction of sp³-hybridized carbons (Fsp3) is 0.222. The van der Waals surface area contributed by atoms with Gasteiger partial charge in [-0.05, 0) is 12.0 Å². The molecular formula is C9H8BrN. The molecule has 0 aliphatic carbocycles. The molecule has 0 N–H and O–H groups in total. The van der Waals surface area contributed by atoms with Crippen LogP contribution in [0.3, 0.4) is 0 Å². The molecule has 0 heterocycles. The van der Waals surface area contributed by atoms with Gasteiger partial charge in [-0.15, -0.1) is 0 Å². The van der Waals surface area contributed by atoms with Gasteiger partial charge in [0.25, 0.3) is 0 Å². The lowest BCUT2D eigenvalue weighted by atomic mass is 10.1. The third kappa shape index (κ3) is 2.73. The highest BCUT2D eigenvalue weighted by Gasteiger charge is 2.01. The number of nitrogens with zero attached hydrogens (tertiary/aromatic N) is 1. The molecule has 0 saturated heterocycles. The molecule has 1 atom stereocenters. The lowest BCUT2D eigenvalue weighted by Gasteiger charge is -1.99. The zero-order chi connectivity index (χ0) is 8.10. The first-order valence-corrected chi connectivity index (χ1v) is 4.32. The quantitative estimate of drug-likeness (QED) is 0.688. The van der Waals surface area contributed by atoms with Crippen molar-refractivity contribution in [3.05, 3.63) is 35.9 Å². The Morgan fingerprint density at radius 3 is 2.55 bits per heavy atom. The molecule has 2 heteroatoms. The van der Waals surface area contributed by atoms with E-state index in [2.05, 4.69) is 22.0 Å². The van der Waals surface area contributed by atoms with Crippen LogP contribution in [-0.2, 0) is 6.42 Å². The van der Waals surface area contributed by atoms with E-state index in [9.17, 15) is 0 Å². The van der Waals surface area contributed by atoms with E-state index in [1.165, 1.54) is 5.56 Å². The molecule has 0 aliphatic heterocycles. The Kier molecular flexibility index (Phi) is 3.13. The molecule has 1 aromatic carbocycles. The molecule has 1 unspecified atom stereocenters. The van der Waals surface area contributed by atoms with Gasteiger partial charge in [-0.2, -0.15) is 5.26 Å². The van der Waals surface area contributed by atoms with Crippen molar-refractivity contribution in [2.24, 2.45) is 0 Å². The van der Waals surface area contributed by atoms with Crippen molar-refractivity contribution >= 4 is 15.9 Å². The summed E-state index contributed by atoms with van der Waals surface area (Å²) in [4.78, 5) is -0.0649. The highest BCUT2D eigenvalue weighted by atomic mass is 79.9. The van der Waals surface area contributed by atoms with Crippen LogP contribution in [-0.4, -0.2) is 4.83 Å². The fourth-order valence-electron chi connectivity index (χ4n) is 0.867. The lowest BCUT2D eigenvalue weighted by molar-refractivity contribution is 1.04. The molecule has 0 aliphatic rings. The first-order chi connectivity index (χ1) is 5.33. The van der Waals surface area contributed by atoms with Crippen molar-refractivity contribution in [3.63, 3.8) is 0 Å². The van der Waals surface area contributed by atoms with Crippen molar-refractivity contribution in [3.8, 4) is 6.07 Å². The molecule has 56 valence electrons. The van der Waals surface area contributed by atoms with Crippen LogP contribution in [0, 0.1) is 11.3 Å². The number of hydrogen-bond donors (Lipinski definition) is 0. The van der Waals surface area contributed by atoms with Gasteiger partial charge in [-0.3, -0.25) is 0 Å². The van der Waals surface area contributed by atoms with Gasteiger partial charge in [0.15, 0.2) is 0 Å². The predicted molar refractivity (Wildman–Crippen MR) is 48.5 cm³/mol. The summed E-state index contributed by atoms with van der Waals surface area (Å²) in [5.41, 5.74) is 1.19. The Morgan fingerprint density at radius 2 is 2.00 bits per heavy atom. The predicted octanol–water partition coefficient (Wildman–Crippen LogP) is 2.52. The van der Waals surface area contributed by atoms with Crippen LogP contribution in [0.25, 0.3) is 0 Å². The van der Waals surface area contributed by atoms with Crippen molar-refractivity contribution in [2.45, 2.75) is 11.2 Å². The minimum absolute atomic E-state index is 0.0649. The second-order valence-electron chi connectivity index (χ2n) is 2.29. The van der Waals surface area contributed by atoms with Crippen molar-refractivity contribution in [1.29, 1.82) is 5.26 Å². The topological polar surface area (TPSA) is 23.8 Å². The summed E-state index contributed by atoms with van der Waals surface area (Å²) in [5, 5.41) is 8.50. The normalized spacial score (nSPS) is 12.0. The van der Waals surface area contributed by atoms with Gasteiger partial charge in [-0.25, -0.2) is 0 Å². The molecule has 0 radical (unpaired) electrons. The molecule has 1 rings (SSSR count). The molecular weight excluding hydrogens is 202 g/mol. The molecule has 1 nitrogen and oxygen atoms in total. The van der Waals surface area contributed by atoms with E-state index in [0.29, 0.717) is 0 Å². The van der Waals surface area contributed by atoms with E-state index >= 15 is 0 Å². The van der Waals surface area contributed by atoms with Gasteiger partial charge < -0.3 is 0 Å². The monoisotopic (exact) mass is 209 g/mol. The van der Waals surface area contributed by atoms with E-state index in [0.717, 1.165) is 6.42 Å². The number of halogens is 1. The molecule has 1 aromatic rings. The van der Waals surface area contributed by atoms with Crippen LogP contribution < -0.4 is 0 Å². The van der Waals surface area contributed by atoms with Crippen LogP contribution in [0.15, 0.2) is 30.3 Å². The Morgan fingerprint density at radius 1 is 1.36 bits per heavy atom. The first kappa shape index (κ1) is 8.29. The van der Waals surface area contributed by atoms with Crippen LogP contribution in [0.2, 0.25) is 0 Å². The van der Waals surface area contributed by atoms with Crippen molar-refractivity contribution < 1.29 is 0 Å². The molecule has 0 bridgehead atoms. The minimum atomic E-state index is -0.0649. The Balaban J connectivity index is 2.60. The maximum atomic E-state index is 8.50. The van der Waals surface area contributed by atoms with Crippen molar-refractivity contribution in [2.75, 3.05) is 0 Å². The largest absolute Gasteiger partial charge is 0.197 e. The average molecular weight is 210 g/mol. The van der Waals surface area contributed by atoms with Crippen molar-refractivity contribution in [1.82, 2.24) is 0 Å². The van der Waals surface area contributed by atoms with Crippen LogP contribution in [0.1, 0.15) is 5.56 Å². The molecule has 0 aromatic heterocycles. The summed E-state index contributed by atoms with van der Waals surface area (Å²) in [6, 6.07) is 12.1. The van der Waals surface area contributed by atoms with Gasteiger partial charge in [0.2, 0.25) is 0 Å². The summed E-state index contributed by atoms with van der Waals surface area (Å²) in [6.45, 7) is 0. The summed E-state index contributed by atoms with van der Waals surface area (Å²) in [7, 11) is 0. The maximum absolute atomic E-state index is 8.50. The van der Waals surface area contributed by atoms with E-state index < -0.39 is 0 Å². The van der Waals surface area contributed by atoms with Gasteiger partial charge >= 0.3 is 0 Å². The van der Waals surface area contributed by atoms with Gasteiger partial charge in [0, 0.05) is 0 Å². The van der Waals surface area contributed by atoms with E-state index in [1.54, 1.807) is 0 Å². The van der Waals surface area contributed by atoms with Crippen LogP contribution in [0.5, 0.6) is 0 Å². The fourth-order valence-corrected chi connectivity index (χ4v) is 1.24. The third-order valence-electron chi connectivity index (χ3n) is 1.40. The summed E-state index contributed by atoms with van der Waals surface area (Å²) in [6.07, 6.45) is 0.775. The molecule has 0 fully saturated rings. The summed E-state index contributed by atoms with van der Waals surface area (Å²) >= 11 is 3.25. The number of rotatable bonds is 2. The minimum Gasteiger partial charge on any atom is -0.197 e. The highest BCUT2D eigenvalue weighted by molar-refractivity contribution is 9.09. The Bertz CT molecular complexity index is 250. The Hall–Kier alpha value is -0.810. The first-order valence-electron chi connectivity index (χ1n) is 3.40. The zero-order valence-corrected chi connectivity index (χ0v) is 7.58. The van der Waals surface area contributed by atoms with Gasteiger partial charge in [-0.1, -0.05) is 46.3 Å². The number of alkyl halides is 1. The van der Waals surface area contributed by atoms with Crippen LogP contribution in [0.4, 0.5) is 0 Å². The highest BCUT2D eigenvalue weighted by Crippen LogP contribution is 2.08. The molecule has 0 amide bonds. The second kappa shape index (κ2) is 4.15. The number of benzene rings is 1. The summed E-state index contributed by atoms with van der Waals surface area (Å²) in [5.74, 6) is 0. The number of hydrogen-bond acceptors (Lipinski definition) is 1. The third-order valence-corrected chi connectivity index (χ3v) is 1.93. The average Bonchev–Trinajstić information content (AvgIpc) is 2.06. The smallest absolute Gasteiger partial charge is 0.105 e. The van der Waals surface area contributed by atoms with Gasteiger partial charge in [0.05, 0.1) is 6.07 Å². The number of nitriles is 1. The SMILES string of the molecule is N#CC(Br)Cc1ccccc1.